The first-order chi connectivity index (χ1) is 9.38. The monoisotopic (exact) mass is 291 g/mol. The van der Waals surface area contributed by atoms with Crippen LogP contribution in [0.25, 0.3) is 0 Å². The second-order valence-corrected chi connectivity index (χ2v) is 3.73. The average Bonchev–Trinajstić information content (AvgIpc) is 2.88. The molecule has 108 valence electrons. The van der Waals surface area contributed by atoms with Crippen LogP contribution in [0.5, 0.6) is 5.75 Å². The van der Waals surface area contributed by atoms with E-state index in [4.69, 9.17) is 9.47 Å². The summed E-state index contributed by atoms with van der Waals surface area (Å²) in [6.45, 7) is -1.65. The highest BCUT2D eigenvalue weighted by atomic mass is 19.4. The lowest BCUT2D eigenvalue weighted by molar-refractivity contribution is -0.386. The molecule has 0 saturated heterocycles. The van der Waals surface area contributed by atoms with E-state index in [1.807, 2.05) is 0 Å². The Morgan fingerprint density at radius 2 is 1.95 bits per heavy atom. The van der Waals surface area contributed by atoms with Crippen LogP contribution < -0.4 is 4.74 Å². The number of ether oxygens (including phenoxy) is 3. The summed E-state index contributed by atoms with van der Waals surface area (Å²) in [5.74, 6) is -0.525. The van der Waals surface area contributed by atoms with Crippen molar-refractivity contribution in [2.45, 2.75) is 12.5 Å². The molecule has 0 atom stereocenters. The maximum atomic E-state index is 12.2. The van der Waals surface area contributed by atoms with Gasteiger partial charge in [0.2, 0.25) is 5.75 Å². The second kappa shape index (κ2) is 5.27. The summed E-state index contributed by atoms with van der Waals surface area (Å²) in [4.78, 5) is 10.0. The van der Waals surface area contributed by atoms with Crippen LogP contribution in [0.15, 0.2) is 30.7 Å². The number of nitrogens with zero attached hydrogens (tertiary/aromatic N) is 1. The average molecular weight is 291 g/mol. The van der Waals surface area contributed by atoms with Crippen molar-refractivity contribution in [2.24, 2.45) is 0 Å². The van der Waals surface area contributed by atoms with Gasteiger partial charge in [0.15, 0.2) is 6.61 Å². The minimum absolute atomic E-state index is 0.00782. The molecule has 0 N–H and O–H groups in total. The van der Waals surface area contributed by atoms with Crippen molar-refractivity contribution in [2.75, 3.05) is 6.61 Å². The van der Waals surface area contributed by atoms with Crippen LogP contribution in [0.2, 0.25) is 0 Å². The highest BCUT2D eigenvalue weighted by Gasteiger charge is 2.33. The van der Waals surface area contributed by atoms with E-state index in [2.05, 4.69) is 4.74 Å². The van der Waals surface area contributed by atoms with Crippen molar-refractivity contribution in [3.63, 3.8) is 0 Å². The third kappa shape index (κ3) is 3.11. The van der Waals surface area contributed by atoms with Crippen molar-refractivity contribution in [3.8, 4) is 5.75 Å². The van der Waals surface area contributed by atoms with Crippen LogP contribution in [0.1, 0.15) is 11.9 Å². The molecule has 0 aromatic heterocycles. The SMILES string of the molecule is O=[N+]([O-])c1cccc(C2OC=CO2)c1OCC(F)(F)F. The molecule has 1 aliphatic rings. The number of hydrogen-bond acceptors (Lipinski definition) is 5. The van der Waals surface area contributed by atoms with E-state index in [1.165, 1.54) is 24.7 Å². The third-order valence-electron chi connectivity index (χ3n) is 2.32. The smallest absolute Gasteiger partial charge is 0.422 e. The van der Waals surface area contributed by atoms with Crippen LogP contribution in [0.4, 0.5) is 18.9 Å². The largest absolute Gasteiger partial charge is 0.477 e. The van der Waals surface area contributed by atoms with Crippen LogP contribution in [0, 0.1) is 10.1 Å². The molecule has 6 nitrogen and oxygen atoms in total. The van der Waals surface area contributed by atoms with Crippen LogP contribution >= 0.6 is 0 Å². The molecule has 1 aromatic carbocycles. The summed E-state index contributed by atoms with van der Waals surface area (Å²) >= 11 is 0. The molecule has 0 radical (unpaired) electrons. The maximum absolute atomic E-state index is 12.2. The van der Waals surface area contributed by atoms with Gasteiger partial charge in [0.05, 0.1) is 10.5 Å². The normalized spacial score (nSPS) is 14.8. The van der Waals surface area contributed by atoms with Gasteiger partial charge in [-0.15, -0.1) is 0 Å². The molecule has 1 aromatic rings. The van der Waals surface area contributed by atoms with E-state index in [0.29, 0.717) is 0 Å². The number of alkyl halides is 3. The first kappa shape index (κ1) is 14.0. The van der Waals surface area contributed by atoms with Crippen LogP contribution in [-0.4, -0.2) is 17.7 Å². The molecular weight excluding hydrogens is 283 g/mol. The number of hydrogen-bond donors (Lipinski definition) is 0. The lowest BCUT2D eigenvalue weighted by Crippen LogP contribution is -2.20. The predicted molar refractivity (Wildman–Crippen MR) is 58.7 cm³/mol. The van der Waals surface area contributed by atoms with E-state index in [1.54, 1.807) is 0 Å². The van der Waals surface area contributed by atoms with E-state index in [0.717, 1.165) is 6.07 Å². The quantitative estimate of drug-likeness (QED) is 0.629. The van der Waals surface area contributed by atoms with Gasteiger partial charge in [0.1, 0.15) is 12.5 Å². The fourth-order valence-corrected chi connectivity index (χ4v) is 1.57. The van der Waals surface area contributed by atoms with Gasteiger partial charge in [-0.1, -0.05) is 6.07 Å². The summed E-state index contributed by atoms with van der Waals surface area (Å²) in [7, 11) is 0. The number of halogens is 3. The Morgan fingerprint density at radius 3 is 2.50 bits per heavy atom. The van der Waals surface area contributed by atoms with Crippen LogP contribution in [-0.2, 0) is 9.47 Å². The highest BCUT2D eigenvalue weighted by molar-refractivity contribution is 5.52. The number of para-hydroxylation sites is 1. The van der Waals surface area contributed by atoms with E-state index in [-0.39, 0.29) is 5.56 Å². The molecule has 0 amide bonds. The van der Waals surface area contributed by atoms with Crippen molar-refractivity contribution in [3.05, 3.63) is 46.4 Å². The Kier molecular flexibility index (Phi) is 3.68. The van der Waals surface area contributed by atoms with E-state index in [9.17, 15) is 23.3 Å². The molecule has 0 bridgehead atoms. The maximum Gasteiger partial charge on any atom is 0.422 e. The van der Waals surface area contributed by atoms with Gasteiger partial charge in [0, 0.05) is 6.07 Å². The molecule has 20 heavy (non-hydrogen) atoms. The first-order valence-corrected chi connectivity index (χ1v) is 5.31. The zero-order valence-electron chi connectivity index (χ0n) is 9.79. The molecule has 0 saturated carbocycles. The molecular formula is C11H8F3NO5. The number of nitro groups is 1. The molecule has 0 unspecified atom stereocenters. The summed E-state index contributed by atoms with van der Waals surface area (Å²) < 4.78 is 51.1. The summed E-state index contributed by atoms with van der Waals surface area (Å²) in [6, 6.07) is 3.67. The fraction of sp³-hybridized carbons (Fsp3) is 0.273. The minimum Gasteiger partial charge on any atom is -0.477 e. The Morgan fingerprint density at radius 1 is 1.30 bits per heavy atom. The molecule has 0 fully saturated rings. The van der Waals surface area contributed by atoms with Gasteiger partial charge in [-0.25, -0.2) is 0 Å². The Hall–Kier alpha value is -2.45. The number of benzene rings is 1. The van der Waals surface area contributed by atoms with E-state index < -0.39 is 35.4 Å². The third-order valence-corrected chi connectivity index (χ3v) is 2.32. The molecule has 0 spiro atoms. The zero-order valence-corrected chi connectivity index (χ0v) is 9.79. The summed E-state index contributed by atoms with van der Waals surface area (Å²) in [5, 5.41) is 10.9. The minimum atomic E-state index is -4.61. The van der Waals surface area contributed by atoms with Crippen molar-refractivity contribution in [1.29, 1.82) is 0 Å². The van der Waals surface area contributed by atoms with Gasteiger partial charge in [-0.05, 0) is 6.07 Å². The molecule has 1 aliphatic heterocycles. The van der Waals surface area contributed by atoms with Gasteiger partial charge >= 0.3 is 11.9 Å². The van der Waals surface area contributed by atoms with Crippen LogP contribution in [0.3, 0.4) is 0 Å². The lowest BCUT2D eigenvalue weighted by Gasteiger charge is -2.16. The summed E-state index contributed by atoms with van der Waals surface area (Å²) in [6.07, 6.45) is -3.33. The van der Waals surface area contributed by atoms with Gasteiger partial charge in [-0.2, -0.15) is 13.2 Å². The van der Waals surface area contributed by atoms with Crippen molar-refractivity contribution < 1.29 is 32.3 Å². The number of nitro benzene ring substituents is 1. The van der Waals surface area contributed by atoms with E-state index >= 15 is 0 Å². The summed E-state index contributed by atoms with van der Waals surface area (Å²) in [5.41, 5.74) is -0.584. The van der Waals surface area contributed by atoms with Gasteiger partial charge in [0.25, 0.3) is 6.29 Å². The molecule has 9 heteroatoms. The zero-order chi connectivity index (χ0) is 14.8. The Balaban J connectivity index is 2.35. The Labute approximate surface area is 110 Å². The fourth-order valence-electron chi connectivity index (χ4n) is 1.57. The topological polar surface area (TPSA) is 70.8 Å². The standard InChI is InChI=1S/C11H8F3NO5/c12-11(13,14)6-20-9-7(10-18-4-5-19-10)2-1-3-8(9)15(16)17/h1-5,10H,6H2. The Bertz CT molecular complexity index is 535. The highest BCUT2D eigenvalue weighted by Crippen LogP contribution is 2.38. The second-order valence-electron chi connectivity index (χ2n) is 3.73. The van der Waals surface area contributed by atoms with Crippen molar-refractivity contribution in [1.82, 2.24) is 0 Å². The predicted octanol–water partition coefficient (Wildman–Crippen LogP) is 3.05. The molecule has 0 aliphatic carbocycles. The number of rotatable bonds is 4. The van der Waals surface area contributed by atoms with Gasteiger partial charge in [-0.3, -0.25) is 10.1 Å². The molecule has 1 heterocycles. The first-order valence-electron chi connectivity index (χ1n) is 5.31. The lowest BCUT2D eigenvalue weighted by atomic mass is 10.1. The van der Waals surface area contributed by atoms with Crippen molar-refractivity contribution >= 4 is 5.69 Å². The molecule has 2 rings (SSSR count). The van der Waals surface area contributed by atoms with Gasteiger partial charge < -0.3 is 14.2 Å².